The highest BCUT2D eigenvalue weighted by atomic mass is 35.5. The molecule has 1 aliphatic rings. The number of rotatable bonds is 5. The molecule has 0 fully saturated rings. The van der Waals surface area contributed by atoms with Gasteiger partial charge in [-0.15, -0.1) is 10.2 Å². The van der Waals surface area contributed by atoms with Crippen LogP contribution in [0.25, 0.3) is 11.5 Å². The van der Waals surface area contributed by atoms with E-state index in [1.165, 1.54) is 17.9 Å². The Balaban J connectivity index is 1.68. The highest BCUT2D eigenvalue weighted by Crippen LogP contribution is 2.44. The number of ketones is 1. The maximum atomic E-state index is 13.0. The molecule has 2 aromatic carbocycles. The molecule has 28 heavy (non-hydrogen) atoms. The lowest BCUT2D eigenvalue weighted by Gasteiger charge is -2.21. The normalized spacial score (nSPS) is 18.4. The minimum atomic E-state index is -1.96. The number of amides is 1. The fraction of sp³-hybridized carbons (Fsp3) is 0.200. The van der Waals surface area contributed by atoms with Gasteiger partial charge in [-0.05, 0) is 37.3 Å². The first-order valence-corrected chi connectivity index (χ1v) is 8.98. The molecule has 7 nitrogen and oxygen atoms in total. The van der Waals surface area contributed by atoms with Crippen molar-refractivity contribution in [3.8, 4) is 11.5 Å². The second kappa shape index (κ2) is 6.85. The Morgan fingerprint density at radius 1 is 1.21 bits per heavy atom. The number of aliphatic hydroxyl groups is 1. The number of nitrogens with zero attached hydrogens (tertiary/aromatic N) is 3. The van der Waals surface area contributed by atoms with Gasteiger partial charge < -0.3 is 9.52 Å². The van der Waals surface area contributed by atoms with E-state index < -0.39 is 11.5 Å². The number of carbonyl (C=O) groups excluding carboxylic acids is 2. The van der Waals surface area contributed by atoms with Crippen molar-refractivity contribution in [3.05, 3.63) is 65.0 Å². The number of aromatic nitrogens is 2. The molecular weight excluding hydrogens is 382 g/mol. The molecule has 142 valence electrons. The molecule has 8 heteroatoms. The second-order valence-electron chi connectivity index (χ2n) is 6.66. The van der Waals surface area contributed by atoms with Crippen LogP contribution in [-0.4, -0.2) is 27.0 Å². The summed E-state index contributed by atoms with van der Waals surface area (Å²) in [5.41, 5.74) is -0.455. The van der Waals surface area contributed by atoms with Gasteiger partial charge in [-0.3, -0.25) is 14.5 Å². The number of hydrogen-bond donors (Lipinski definition) is 1. The van der Waals surface area contributed by atoms with Crippen LogP contribution in [0.2, 0.25) is 5.02 Å². The zero-order chi connectivity index (χ0) is 19.9. The van der Waals surface area contributed by atoms with Crippen molar-refractivity contribution < 1.29 is 19.1 Å². The van der Waals surface area contributed by atoms with E-state index in [9.17, 15) is 14.7 Å². The minimum Gasteiger partial charge on any atom is -0.419 e. The van der Waals surface area contributed by atoms with E-state index in [1.807, 2.05) is 30.3 Å². The topological polar surface area (TPSA) is 96.5 Å². The fourth-order valence-electron chi connectivity index (χ4n) is 3.36. The predicted molar refractivity (Wildman–Crippen MR) is 102 cm³/mol. The molecular formula is C20H16ClN3O4. The van der Waals surface area contributed by atoms with E-state index in [2.05, 4.69) is 10.2 Å². The number of halogens is 1. The Morgan fingerprint density at radius 3 is 2.68 bits per heavy atom. The molecule has 1 aromatic heterocycles. The van der Waals surface area contributed by atoms with Crippen LogP contribution >= 0.6 is 11.6 Å². The van der Waals surface area contributed by atoms with Crippen LogP contribution in [0.5, 0.6) is 0 Å². The summed E-state index contributed by atoms with van der Waals surface area (Å²) >= 11 is 6.05. The standard InChI is InChI=1S/C20H16ClN3O4/c1-12(25)10-20(27)15-9-14(21)7-8-16(15)24(19(20)26)11-17-22-23-18(28-17)13-5-3-2-4-6-13/h2-9,27H,10-11H2,1H3. The number of Topliss-reactive ketones (excluding diaryl/α,β-unsaturated/α-hetero) is 1. The highest BCUT2D eigenvalue weighted by molar-refractivity contribution is 6.31. The maximum absolute atomic E-state index is 13.0. The van der Waals surface area contributed by atoms with Crippen molar-refractivity contribution in [1.29, 1.82) is 0 Å². The van der Waals surface area contributed by atoms with Gasteiger partial charge in [-0.25, -0.2) is 0 Å². The van der Waals surface area contributed by atoms with Gasteiger partial charge in [0.15, 0.2) is 5.60 Å². The van der Waals surface area contributed by atoms with Crippen molar-refractivity contribution in [2.75, 3.05) is 4.90 Å². The van der Waals surface area contributed by atoms with E-state index in [0.29, 0.717) is 22.2 Å². The molecule has 1 atom stereocenters. The third kappa shape index (κ3) is 3.08. The van der Waals surface area contributed by atoms with Crippen molar-refractivity contribution in [1.82, 2.24) is 10.2 Å². The van der Waals surface area contributed by atoms with Crippen LogP contribution in [0.4, 0.5) is 5.69 Å². The SMILES string of the molecule is CC(=O)CC1(O)C(=O)N(Cc2nnc(-c3ccccc3)o2)c2ccc(Cl)cc21. The first-order chi connectivity index (χ1) is 13.4. The number of benzene rings is 2. The average molecular weight is 398 g/mol. The fourth-order valence-corrected chi connectivity index (χ4v) is 3.53. The Kier molecular flexibility index (Phi) is 4.49. The van der Waals surface area contributed by atoms with Gasteiger partial charge in [0.1, 0.15) is 12.3 Å². The van der Waals surface area contributed by atoms with Gasteiger partial charge in [0.05, 0.1) is 5.69 Å². The first kappa shape index (κ1) is 18.3. The molecule has 1 N–H and O–H groups in total. The van der Waals surface area contributed by atoms with Gasteiger partial charge in [0, 0.05) is 22.6 Å². The summed E-state index contributed by atoms with van der Waals surface area (Å²) in [7, 11) is 0. The molecule has 0 saturated heterocycles. The Hall–Kier alpha value is -3.03. The van der Waals surface area contributed by atoms with Crippen LogP contribution < -0.4 is 4.90 Å². The number of fused-ring (bicyclic) bond motifs is 1. The van der Waals surface area contributed by atoms with Gasteiger partial charge in [-0.1, -0.05) is 29.8 Å². The molecule has 3 aromatic rings. The first-order valence-electron chi connectivity index (χ1n) is 8.60. The third-order valence-electron chi connectivity index (χ3n) is 4.58. The zero-order valence-electron chi connectivity index (χ0n) is 14.9. The molecule has 0 aliphatic carbocycles. The summed E-state index contributed by atoms with van der Waals surface area (Å²) in [4.78, 5) is 26.0. The van der Waals surface area contributed by atoms with Crippen LogP contribution in [0.3, 0.4) is 0 Å². The monoisotopic (exact) mass is 397 g/mol. The molecule has 0 bridgehead atoms. The average Bonchev–Trinajstić information content (AvgIpc) is 3.21. The van der Waals surface area contributed by atoms with Gasteiger partial charge in [0.2, 0.25) is 11.8 Å². The Morgan fingerprint density at radius 2 is 1.96 bits per heavy atom. The van der Waals surface area contributed by atoms with E-state index in [4.69, 9.17) is 16.0 Å². The quantitative estimate of drug-likeness (QED) is 0.710. The molecule has 1 unspecified atom stereocenters. The lowest BCUT2D eigenvalue weighted by atomic mass is 9.90. The summed E-state index contributed by atoms with van der Waals surface area (Å²) in [6, 6.07) is 14.0. The lowest BCUT2D eigenvalue weighted by Crippen LogP contribution is -2.41. The molecule has 4 rings (SSSR count). The Labute approximate surface area is 165 Å². The molecule has 1 aliphatic heterocycles. The van der Waals surface area contributed by atoms with Gasteiger partial charge >= 0.3 is 0 Å². The summed E-state index contributed by atoms with van der Waals surface area (Å²) in [6.07, 6.45) is -0.339. The van der Waals surface area contributed by atoms with Crippen molar-refractivity contribution in [2.24, 2.45) is 0 Å². The van der Waals surface area contributed by atoms with Crippen LogP contribution in [0.15, 0.2) is 52.9 Å². The zero-order valence-corrected chi connectivity index (χ0v) is 15.7. The second-order valence-corrected chi connectivity index (χ2v) is 7.10. The molecule has 0 radical (unpaired) electrons. The highest BCUT2D eigenvalue weighted by Gasteiger charge is 2.50. The Bertz CT molecular complexity index is 1070. The predicted octanol–water partition coefficient (Wildman–Crippen LogP) is 3.10. The maximum Gasteiger partial charge on any atom is 0.264 e. The van der Waals surface area contributed by atoms with Gasteiger partial charge in [-0.2, -0.15) is 0 Å². The molecule has 1 amide bonds. The van der Waals surface area contributed by atoms with E-state index >= 15 is 0 Å². The van der Waals surface area contributed by atoms with E-state index in [1.54, 1.807) is 12.1 Å². The summed E-state index contributed by atoms with van der Waals surface area (Å²) < 4.78 is 5.68. The third-order valence-corrected chi connectivity index (χ3v) is 4.81. The molecule has 2 heterocycles. The molecule has 0 saturated carbocycles. The van der Waals surface area contributed by atoms with Crippen LogP contribution in [0.1, 0.15) is 24.8 Å². The van der Waals surface area contributed by atoms with Crippen LogP contribution in [0, 0.1) is 0 Å². The van der Waals surface area contributed by atoms with Crippen molar-refractivity contribution >= 4 is 29.0 Å². The lowest BCUT2D eigenvalue weighted by molar-refractivity contribution is -0.141. The smallest absolute Gasteiger partial charge is 0.264 e. The number of anilines is 1. The van der Waals surface area contributed by atoms with Crippen LogP contribution in [-0.2, 0) is 21.7 Å². The van der Waals surface area contributed by atoms with E-state index in [-0.39, 0.29) is 24.6 Å². The largest absolute Gasteiger partial charge is 0.419 e. The van der Waals surface area contributed by atoms with E-state index in [0.717, 1.165) is 5.56 Å². The summed E-state index contributed by atoms with van der Waals surface area (Å²) in [5, 5.41) is 19.4. The van der Waals surface area contributed by atoms with Crippen molar-refractivity contribution in [3.63, 3.8) is 0 Å². The minimum absolute atomic E-state index is 0.0342. The number of hydrogen-bond acceptors (Lipinski definition) is 6. The van der Waals surface area contributed by atoms with Crippen molar-refractivity contribution in [2.45, 2.75) is 25.5 Å². The summed E-state index contributed by atoms with van der Waals surface area (Å²) in [5.74, 6) is -0.398. The van der Waals surface area contributed by atoms with Gasteiger partial charge in [0.25, 0.3) is 5.91 Å². The summed E-state index contributed by atoms with van der Waals surface area (Å²) in [6.45, 7) is 1.29. The molecule has 0 spiro atoms. The number of carbonyl (C=O) groups is 2.